The van der Waals surface area contributed by atoms with Crippen LogP contribution in [0.5, 0.6) is 5.75 Å². The molecule has 2 fully saturated rings. The third-order valence-electron chi connectivity index (χ3n) is 5.46. The normalized spacial score (nSPS) is 25.3. The van der Waals surface area contributed by atoms with E-state index < -0.39 is 17.5 Å². The lowest BCUT2D eigenvalue weighted by Crippen LogP contribution is -2.49. The van der Waals surface area contributed by atoms with Gasteiger partial charge in [0.15, 0.2) is 0 Å². The molecule has 0 atom stereocenters. The van der Waals surface area contributed by atoms with Crippen molar-refractivity contribution in [3.8, 4) is 5.75 Å². The second-order valence-electron chi connectivity index (χ2n) is 7.03. The summed E-state index contributed by atoms with van der Waals surface area (Å²) in [6, 6.07) is 6.39. The van der Waals surface area contributed by atoms with Gasteiger partial charge in [0.1, 0.15) is 17.8 Å². The van der Waals surface area contributed by atoms with E-state index in [1.165, 1.54) is 0 Å². The second-order valence-corrected chi connectivity index (χ2v) is 7.03. The SMILES string of the molecule is CCC1CCC2(CC1)NC(=O)N(CC(=O)Nc1ccc(OC)cc1)C2=O. The first-order chi connectivity index (χ1) is 12.5. The summed E-state index contributed by atoms with van der Waals surface area (Å²) in [5.74, 6) is 0.611. The number of amides is 4. The van der Waals surface area contributed by atoms with Gasteiger partial charge in [0.05, 0.1) is 7.11 Å². The predicted molar refractivity (Wildman–Crippen MR) is 96.8 cm³/mol. The number of ether oxygens (including phenoxy) is 1. The number of nitrogens with one attached hydrogen (secondary N) is 2. The van der Waals surface area contributed by atoms with Crippen molar-refractivity contribution in [2.45, 2.75) is 44.6 Å². The largest absolute Gasteiger partial charge is 0.497 e. The first-order valence-electron chi connectivity index (χ1n) is 9.05. The predicted octanol–water partition coefficient (Wildman–Crippen LogP) is 2.52. The molecule has 0 bridgehead atoms. The fourth-order valence-electron chi connectivity index (χ4n) is 3.76. The first-order valence-corrected chi connectivity index (χ1v) is 9.05. The Kier molecular flexibility index (Phi) is 5.15. The minimum atomic E-state index is -0.816. The van der Waals surface area contributed by atoms with Gasteiger partial charge in [0.25, 0.3) is 5.91 Å². The second kappa shape index (κ2) is 7.35. The molecule has 2 aliphatic rings. The van der Waals surface area contributed by atoms with Crippen LogP contribution in [0.25, 0.3) is 0 Å². The molecule has 1 heterocycles. The lowest BCUT2D eigenvalue weighted by Gasteiger charge is -2.34. The fourth-order valence-corrected chi connectivity index (χ4v) is 3.76. The third-order valence-corrected chi connectivity index (χ3v) is 5.46. The zero-order chi connectivity index (χ0) is 18.7. The van der Waals surface area contributed by atoms with Crippen molar-refractivity contribution in [3.05, 3.63) is 24.3 Å². The van der Waals surface area contributed by atoms with E-state index in [1.807, 2.05) is 0 Å². The zero-order valence-electron chi connectivity index (χ0n) is 15.2. The number of carbonyl (C=O) groups is 3. The summed E-state index contributed by atoms with van der Waals surface area (Å²) in [7, 11) is 1.56. The molecule has 7 nitrogen and oxygen atoms in total. The zero-order valence-corrected chi connectivity index (χ0v) is 15.2. The Morgan fingerprint density at radius 1 is 1.27 bits per heavy atom. The van der Waals surface area contributed by atoms with Gasteiger partial charge in [-0.1, -0.05) is 13.3 Å². The van der Waals surface area contributed by atoms with E-state index in [4.69, 9.17) is 4.74 Å². The molecular weight excluding hydrogens is 334 g/mol. The van der Waals surface area contributed by atoms with Crippen LogP contribution in [0.15, 0.2) is 24.3 Å². The van der Waals surface area contributed by atoms with Crippen molar-refractivity contribution in [2.75, 3.05) is 19.0 Å². The lowest BCUT2D eigenvalue weighted by molar-refractivity contribution is -0.135. The number of hydrogen-bond acceptors (Lipinski definition) is 4. The van der Waals surface area contributed by atoms with Crippen LogP contribution in [0.3, 0.4) is 0 Å². The van der Waals surface area contributed by atoms with E-state index in [0.29, 0.717) is 30.2 Å². The van der Waals surface area contributed by atoms with E-state index in [-0.39, 0.29) is 12.5 Å². The average molecular weight is 359 g/mol. The van der Waals surface area contributed by atoms with Crippen molar-refractivity contribution in [3.63, 3.8) is 0 Å². The number of rotatable bonds is 5. The van der Waals surface area contributed by atoms with Crippen LogP contribution in [0.1, 0.15) is 39.0 Å². The average Bonchev–Trinajstić information content (AvgIpc) is 2.87. The molecule has 7 heteroatoms. The summed E-state index contributed by atoms with van der Waals surface area (Å²) >= 11 is 0. The molecule has 1 aromatic rings. The molecule has 1 aromatic carbocycles. The summed E-state index contributed by atoms with van der Waals surface area (Å²) in [5.41, 5.74) is -0.232. The van der Waals surface area contributed by atoms with E-state index >= 15 is 0 Å². The van der Waals surface area contributed by atoms with Gasteiger partial charge in [0.2, 0.25) is 5.91 Å². The number of hydrogen-bond donors (Lipinski definition) is 2. The number of benzene rings is 1. The smallest absolute Gasteiger partial charge is 0.325 e. The van der Waals surface area contributed by atoms with Crippen molar-refractivity contribution >= 4 is 23.5 Å². The number of methoxy groups -OCH3 is 1. The molecule has 0 unspecified atom stereocenters. The summed E-state index contributed by atoms with van der Waals surface area (Å²) in [6.45, 7) is 1.86. The van der Waals surface area contributed by atoms with Crippen LogP contribution in [0.2, 0.25) is 0 Å². The Balaban J connectivity index is 1.61. The van der Waals surface area contributed by atoms with Crippen LogP contribution < -0.4 is 15.4 Å². The van der Waals surface area contributed by atoms with Crippen LogP contribution >= 0.6 is 0 Å². The molecule has 2 N–H and O–H groups in total. The molecule has 26 heavy (non-hydrogen) atoms. The Morgan fingerprint density at radius 3 is 2.50 bits per heavy atom. The number of nitrogens with zero attached hydrogens (tertiary/aromatic N) is 1. The maximum atomic E-state index is 12.8. The van der Waals surface area contributed by atoms with Crippen LogP contribution in [0.4, 0.5) is 10.5 Å². The van der Waals surface area contributed by atoms with Gasteiger partial charge < -0.3 is 15.4 Å². The number of urea groups is 1. The highest BCUT2D eigenvalue weighted by atomic mass is 16.5. The Bertz CT molecular complexity index is 693. The monoisotopic (exact) mass is 359 g/mol. The standard InChI is InChI=1S/C19H25N3O4/c1-3-13-8-10-19(11-9-13)17(24)22(18(25)21-19)12-16(23)20-14-4-6-15(26-2)7-5-14/h4-7,13H,3,8-12H2,1-2H3,(H,20,23)(H,21,25). The number of carbonyl (C=O) groups excluding carboxylic acids is 3. The molecule has 1 aliphatic carbocycles. The maximum absolute atomic E-state index is 12.8. The van der Waals surface area contributed by atoms with Crippen LogP contribution in [-0.4, -0.2) is 41.9 Å². The van der Waals surface area contributed by atoms with Gasteiger partial charge in [0, 0.05) is 5.69 Å². The van der Waals surface area contributed by atoms with Gasteiger partial charge in [-0.2, -0.15) is 0 Å². The van der Waals surface area contributed by atoms with Crippen molar-refractivity contribution in [1.29, 1.82) is 0 Å². The van der Waals surface area contributed by atoms with Gasteiger partial charge in [-0.15, -0.1) is 0 Å². The lowest BCUT2D eigenvalue weighted by atomic mass is 9.75. The molecular formula is C19H25N3O4. The van der Waals surface area contributed by atoms with Gasteiger partial charge in [-0.25, -0.2) is 4.79 Å². The van der Waals surface area contributed by atoms with E-state index in [2.05, 4.69) is 17.6 Å². The molecule has 140 valence electrons. The van der Waals surface area contributed by atoms with E-state index in [1.54, 1.807) is 31.4 Å². The third kappa shape index (κ3) is 3.52. The van der Waals surface area contributed by atoms with Gasteiger partial charge >= 0.3 is 6.03 Å². The summed E-state index contributed by atoms with van der Waals surface area (Å²) < 4.78 is 5.07. The van der Waals surface area contributed by atoms with E-state index in [9.17, 15) is 14.4 Å². The quantitative estimate of drug-likeness (QED) is 0.791. The molecule has 1 saturated carbocycles. The molecule has 0 radical (unpaired) electrons. The summed E-state index contributed by atoms with van der Waals surface area (Å²) in [5, 5.41) is 5.54. The Morgan fingerprint density at radius 2 is 1.92 bits per heavy atom. The summed E-state index contributed by atoms with van der Waals surface area (Å²) in [4.78, 5) is 38.4. The van der Waals surface area contributed by atoms with Crippen LogP contribution in [0, 0.1) is 5.92 Å². The Labute approximate surface area is 153 Å². The Hall–Kier alpha value is -2.57. The number of imide groups is 1. The molecule has 1 aliphatic heterocycles. The summed E-state index contributed by atoms with van der Waals surface area (Å²) in [6.07, 6.45) is 4.23. The minimum Gasteiger partial charge on any atom is -0.497 e. The fraction of sp³-hybridized carbons (Fsp3) is 0.526. The highest BCUT2D eigenvalue weighted by Gasteiger charge is 2.52. The highest BCUT2D eigenvalue weighted by molar-refractivity contribution is 6.10. The highest BCUT2D eigenvalue weighted by Crippen LogP contribution is 2.37. The first kappa shape index (κ1) is 18.2. The maximum Gasteiger partial charge on any atom is 0.325 e. The van der Waals surface area contributed by atoms with Gasteiger partial charge in [-0.05, 0) is 55.9 Å². The topological polar surface area (TPSA) is 87.7 Å². The van der Waals surface area contributed by atoms with Crippen molar-refractivity contribution < 1.29 is 19.1 Å². The van der Waals surface area contributed by atoms with Gasteiger partial charge in [-0.3, -0.25) is 14.5 Å². The number of anilines is 1. The molecule has 1 saturated heterocycles. The van der Waals surface area contributed by atoms with Crippen LogP contribution in [-0.2, 0) is 9.59 Å². The molecule has 1 spiro atoms. The molecule has 0 aromatic heterocycles. The van der Waals surface area contributed by atoms with Crippen molar-refractivity contribution in [1.82, 2.24) is 10.2 Å². The minimum absolute atomic E-state index is 0.276. The molecule has 3 rings (SSSR count). The van der Waals surface area contributed by atoms with E-state index in [0.717, 1.165) is 24.2 Å². The molecule has 4 amide bonds. The van der Waals surface area contributed by atoms with Crippen molar-refractivity contribution in [2.24, 2.45) is 5.92 Å².